The lowest BCUT2D eigenvalue weighted by molar-refractivity contribution is -0.140. The fraction of sp³-hybridized carbons (Fsp3) is 0.407. The van der Waals surface area contributed by atoms with Crippen LogP contribution in [0.15, 0.2) is 48.0 Å². The Morgan fingerprint density at radius 1 is 1.03 bits per heavy atom. The first-order chi connectivity index (χ1) is 16.1. The number of carbonyl (C=O) groups excluding carboxylic acids is 2. The monoisotopic (exact) mass is 467 g/mol. The molecule has 1 heterocycles. The third-order valence-electron chi connectivity index (χ3n) is 5.55. The molecule has 1 saturated heterocycles. The molecule has 7 heteroatoms. The summed E-state index contributed by atoms with van der Waals surface area (Å²) in [6, 6.07) is 10.7. The first kappa shape index (κ1) is 25.3. The van der Waals surface area contributed by atoms with Crippen molar-refractivity contribution in [3.8, 4) is 11.5 Å². The van der Waals surface area contributed by atoms with Crippen LogP contribution in [-0.2, 0) is 14.3 Å². The summed E-state index contributed by atoms with van der Waals surface area (Å²) in [5.41, 5.74) is 1.88. The van der Waals surface area contributed by atoms with E-state index in [4.69, 9.17) is 9.47 Å². The highest BCUT2D eigenvalue weighted by Crippen LogP contribution is 2.40. The Morgan fingerprint density at radius 3 is 2.29 bits per heavy atom. The van der Waals surface area contributed by atoms with Crippen molar-refractivity contribution in [1.82, 2.24) is 4.90 Å². The number of likely N-dealkylation sites (tertiary alicyclic amines) is 1. The van der Waals surface area contributed by atoms with Gasteiger partial charge in [0.05, 0.1) is 23.8 Å². The standard InChI is InChI=1S/C27H33NO6/c1-16(2)33-14-6-13-28-24(19-7-10-21(29)11-8-19)23(26(31)27(28)32)25(30)20-9-12-22(18(5)15-20)34-17(3)4/h7-12,15-17,24,29-30H,6,13-14H2,1-5H3/b25-23-. The SMILES string of the molecule is Cc1cc(/C(O)=C2/C(=O)C(=O)N(CCCOC(C)C)C2c2ccc(O)cc2)ccc1OC(C)C. The number of Topliss-reactive ketones (excluding diaryl/α,β-unsaturated/α-hetero) is 1. The maximum Gasteiger partial charge on any atom is 0.295 e. The highest BCUT2D eigenvalue weighted by atomic mass is 16.5. The number of aliphatic hydroxyl groups is 1. The van der Waals surface area contributed by atoms with Gasteiger partial charge in [0, 0.05) is 18.7 Å². The normalized spacial score (nSPS) is 17.7. The van der Waals surface area contributed by atoms with Crippen LogP contribution in [0.25, 0.3) is 5.76 Å². The lowest BCUT2D eigenvalue weighted by atomic mass is 9.94. The molecular weight excluding hydrogens is 434 g/mol. The Hall–Kier alpha value is -3.32. The Balaban J connectivity index is 2.03. The van der Waals surface area contributed by atoms with Crippen molar-refractivity contribution in [1.29, 1.82) is 0 Å². The van der Waals surface area contributed by atoms with Crippen LogP contribution in [0.2, 0.25) is 0 Å². The molecule has 182 valence electrons. The molecule has 2 N–H and O–H groups in total. The van der Waals surface area contributed by atoms with Crippen molar-refractivity contribution >= 4 is 17.4 Å². The van der Waals surface area contributed by atoms with Gasteiger partial charge in [-0.2, -0.15) is 0 Å². The number of aryl methyl sites for hydroxylation is 1. The van der Waals surface area contributed by atoms with E-state index in [1.165, 1.54) is 17.0 Å². The summed E-state index contributed by atoms with van der Waals surface area (Å²) in [7, 11) is 0. The molecule has 2 aromatic carbocycles. The third-order valence-corrected chi connectivity index (χ3v) is 5.55. The minimum atomic E-state index is -0.772. The number of phenols is 1. The molecule has 0 aliphatic carbocycles. The number of benzene rings is 2. The van der Waals surface area contributed by atoms with Gasteiger partial charge in [0.15, 0.2) is 0 Å². The minimum absolute atomic E-state index is 0.00218. The zero-order valence-corrected chi connectivity index (χ0v) is 20.4. The highest BCUT2D eigenvalue weighted by molar-refractivity contribution is 6.46. The van der Waals surface area contributed by atoms with Crippen LogP contribution in [0.3, 0.4) is 0 Å². The molecule has 0 aromatic heterocycles. The smallest absolute Gasteiger partial charge is 0.295 e. The molecule has 34 heavy (non-hydrogen) atoms. The van der Waals surface area contributed by atoms with E-state index in [9.17, 15) is 19.8 Å². The van der Waals surface area contributed by atoms with Crippen molar-refractivity contribution in [3.63, 3.8) is 0 Å². The van der Waals surface area contributed by atoms with E-state index in [0.717, 1.165) is 5.56 Å². The van der Waals surface area contributed by atoms with E-state index < -0.39 is 17.7 Å². The van der Waals surface area contributed by atoms with Gasteiger partial charge in [-0.15, -0.1) is 0 Å². The molecule has 2 aromatic rings. The first-order valence-electron chi connectivity index (χ1n) is 11.6. The lowest BCUT2D eigenvalue weighted by Crippen LogP contribution is -2.31. The molecule has 1 aliphatic rings. The maximum absolute atomic E-state index is 13.1. The van der Waals surface area contributed by atoms with E-state index in [1.54, 1.807) is 30.3 Å². The topological polar surface area (TPSA) is 96.3 Å². The number of phenolic OH excluding ortho intramolecular Hbond substituents is 1. The number of aliphatic hydroxyl groups excluding tert-OH is 1. The first-order valence-corrected chi connectivity index (χ1v) is 11.6. The summed E-state index contributed by atoms with van der Waals surface area (Å²) < 4.78 is 11.4. The van der Waals surface area contributed by atoms with Crippen LogP contribution in [0, 0.1) is 6.92 Å². The molecule has 0 radical (unpaired) electrons. The summed E-state index contributed by atoms with van der Waals surface area (Å²) in [5.74, 6) is -0.882. The van der Waals surface area contributed by atoms with Gasteiger partial charge in [-0.3, -0.25) is 9.59 Å². The number of ketones is 1. The lowest BCUT2D eigenvalue weighted by Gasteiger charge is -2.25. The van der Waals surface area contributed by atoms with Crippen molar-refractivity contribution < 1.29 is 29.3 Å². The van der Waals surface area contributed by atoms with Crippen LogP contribution >= 0.6 is 0 Å². The van der Waals surface area contributed by atoms with Crippen LogP contribution in [-0.4, -0.2) is 52.2 Å². The zero-order valence-electron chi connectivity index (χ0n) is 20.4. The van der Waals surface area contributed by atoms with Crippen molar-refractivity contribution in [2.24, 2.45) is 0 Å². The Labute approximate surface area is 200 Å². The van der Waals surface area contributed by atoms with Crippen molar-refractivity contribution in [3.05, 3.63) is 64.7 Å². The number of hydrogen-bond donors (Lipinski definition) is 2. The average Bonchev–Trinajstić information content (AvgIpc) is 3.02. The van der Waals surface area contributed by atoms with Gasteiger partial charge in [-0.1, -0.05) is 12.1 Å². The van der Waals surface area contributed by atoms with Gasteiger partial charge in [-0.25, -0.2) is 0 Å². The second kappa shape index (κ2) is 10.7. The van der Waals surface area contributed by atoms with Crippen LogP contribution < -0.4 is 4.74 Å². The van der Waals surface area contributed by atoms with E-state index in [2.05, 4.69) is 0 Å². The fourth-order valence-corrected chi connectivity index (χ4v) is 4.01. The Bertz CT molecular complexity index is 1070. The number of rotatable bonds is 9. The highest BCUT2D eigenvalue weighted by Gasteiger charge is 2.45. The summed E-state index contributed by atoms with van der Waals surface area (Å²) >= 11 is 0. The third kappa shape index (κ3) is 5.59. The van der Waals surface area contributed by atoms with Crippen molar-refractivity contribution in [2.45, 2.75) is 59.3 Å². The molecular formula is C27H33NO6. The van der Waals surface area contributed by atoms with Crippen LogP contribution in [0.1, 0.15) is 56.8 Å². The number of aromatic hydroxyl groups is 1. The van der Waals surface area contributed by atoms with Gasteiger partial charge in [0.2, 0.25) is 0 Å². The molecule has 1 aliphatic heterocycles. The predicted octanol–water partition coefficient (Wildman–Crippen LogP) is 4.72. The minimum Gasteiger partial charge on any atom is -0.508 e. The Kier molecular flexibility index (Phi) is 7.99. The Morgan fingerprint density at radius 2 is 1.71 bits per heavy atom. The molecule has 0 saturated carbocycles. The van der Waals surface area contributed by atoms with Gasteiger partial charge in [0.25, 0.3) is 11.7 Å². The van der Waals surface area contributed by atoms with E-state index >= 15 is 0 Å². The molecule has 1 unspecified atom stereocenters. The van der Waals surface area contributed by atoms with Gasteiger partial charge in [0.1, 0.15) is 17.3 Å². The quantitative estimate of drug-likeness (QED) is 0.240. The average molecular weight is 468 g/mol. The summed E-state index contributed by atoms with van der Waals surface area (Å²) in [6.45, 7) is 10.3. The second-order valence-corrected chi connectivity index (χ2v) is 9.00. The van der Waals surface area contributed by atoms with Crippen molar-refractivity contribution in [2.75, 3.05) is 13.2 Å². The van der Waals surface area contributed by atoms with Gasteiger partial charge >= 0.3 is 0 Å². The summed E-state index contributed by atoms with van der Waals surface area (Å²) in [6.07, 6.45) is 0.604. The molecule has 1 fully saturated rings. The van der Waals surface area contributed by atoms with E-state index in [-0.39, 0.29) is 29.3 Å². The van der Waals surface area contributed by atoms with Gasteiger partial charge in [-0.05, 0) is 82.5 Å². The zero-order chi connectivity index (χ0) is 25.0. The predicted molar refractivity (Wildman–Crippen MR) is 130 cm³/mol. The number of hydrogen-bond acceptors (Lipinski definition) is 6. The molecule has 1 amide bonds. The molecule has 3 rings (SSSR count). The number of nitrogens with zero attached hydrogens (tertiary/aromatic N) is 1. The second-order valence-electron chi connectivity index (χ2n) is 9.00. The largest absolute Gasteiger partial charge is 0.508 e. The summed E-state index contributed by atoms with van der Waals surface area (Å²) in [5, 5.41) is 20.9. The maximum atomic E-state index is 13.1. The van der Waals surface area contributed by atoms with Gasteiger partial charge < -0.3 is 24.6 Å². The molecule has 0 spiro atoms. The molecule has 1 atom stereocenters. The number of carbonyl (C=O) groups is 2. The number of ether oxygens (including phenoxy) is 2. The van der Waals surface area contributed by atoms with E-state index in [1.807, 2.05) is 34.6 Å². The number of amides is 1. The molecule has 7 nitrogen and oxygen atoms in total. The fourth-order valence-electron chi connectivity index (χ4n) is 4.01. The summed E-state index contributed by atoms with van der Waals surface area (Å²) in [4.78, 5) is 27.6. The molecule has 0 bridgehead atoms. The van der Waals surface area contributed by atoms with Crippen LogP contribution in [0.5, 0.6) is 11.5 Å². The van der Waals surface area contributed by atoms with E-state index in [0.29, 0.717) is 36.4 Å². The van der Waals surface area contributed by atoms with Crippen LogP contribution in [0.4, 0.5) is 0 Å².